The highest BCUT2D eigenvalue weighted by atomic mass is 16.7. The Bertz CT molecular complexity index is 1000. The van der Waals surface area contributed by atoms with Crippen molar-refractivity contribution >= 4 is 22.8 Å². The largest absolute Gasteiger partial charge is 0.515 e. The van der Waals surface area contributed by atoms with E-state index in [1.54, 1.807) is 18.2 Å². The molecule has 1 aromatic carbocycles. The van der Waals surface area contributed by atoms with Crippen LogP contribution in [0, 0.1) is 12.8 Å². The van der Waals surface area contributed by atoms with Gasteiger partial charge in [-0.2, -0.15) is 4.98 Å². The summed E-state index contributed by atoms with van der Waals surface area (Å²) >= 11 is 0. The fourth-order valence-electron chi connectivity index (χ4n) is 2.91. The molecule has 0 aliphatic carbocycles. The molecule has 2 aromatic heterocycles. The van der Waals surface area contributed by atoms with E-state index >= 15 is 0 Å². The number of benzene rings is 1. The van der Waals surface area contributed by atoms with Crippen LogP contribution in [0.25, 0.3) is 16.7 Å². The van der Waals surface area contributed by atoms with Gasteiger partial charge >= 0.3 is 6.16 Å². The van der Waals surface area contributed by atoms with Crippen LogP contribution in [-0.2, 0) is 11.2 Å². The van der Waals surface area contributed by atoms with Crippen molar-refractivity contribution in [3.63, 3.8) is 0 Å². The van der Waals surface area contributed by atoms with Gasteiger partial charge in [0.25, 0.3) is 5.56 Å². The average molecular weight is 343 g/mol. The standard InChI is InChI=1S/C18H21N3O4/c1-5-24-18(23)25-17-11(4)21-14-7-6-12(8-10(2)3)9-13(14)19-16(22)15(21)20-17/h6-7,9-10H,5,8H2,1-4H3,(H,19,22). The molecular weight excluding hydrogens is 322 g/mol. The van der Waals surface area contributed by atoms with E-state index < -0.39 is 6.16 Å². The third kappa shape index (κ3) is 3.22. The molecule has 0 spiro atoms. The zero-order valence-corrected chi connectivity index (χ0v) is 14.8. The van der Waals surface area contributed by atoms with Crippen molar-refractivity contribution in [2.75, 3.05) is 6.61 Å². The Kier molecular flexibility index (Phi) is 4.48. The first-order valence-electron chi connectivity index (χ1n) is 8.29. The van der Waals surface area contributed by atoms with Crippen molar-refractivity contribution in [2.45, 2.75) is 34.1 Å². The summed E-state index contributed by atoms with van der Waals surface area (Å²) < 4.78 is 11.6. The minimum Gasteiger partial charge on any atom is -0.434 e. The molecule has 7 nitrogen and oxygen atoms in total. The third-order valence-corrected chi connectivity index (χ3v) is 3.90. The lowest BCUT2D eigenvalue weighted by Gasteiger charge is -2.08. The first-order valence-corrected chi connectivity index (χ1v) is 8.29. The van der Waals surface area contributed by atoms with Crippen LogP contribution in [0.15, 0.2) is 23.0 Å². The van der Waals surface area contributed by atoms with Crippen molar-refractivity contribution in [2.24, 2.45) is 5.92 Å². The van der Waals surface area contributed by atoms with Gasteiger partial charge in [-0.25, -0.2) is 4.79 Å². The Labute approximate surface area is 144 Å². The van der Waals surface area contributed by atoms with Gasteiger partial charge in [-0.15, -0.1) is 0 Å². The molecule has 0 bridgehead atoms. The molecule has 1 N–H and O–H groups in total. The zero-order valence-electron chi connectivity index (χ0n) is 14.8. The molecular formula is C18H21N3O4. The van der Waals surface area contributed by atoms with Crippen LogP contribution in [0.2, 0.25) is 0 Å². The molecule has 2 heterocycles. The Morgan fingerprint density at radius 3 is 2.80 bits per heavy atom. The molecule has 3 rings (SSSR count). The Morgan fingerprint density at radius 1 is 1.36 bits per heavy atom. The van der Waals surface area contributed by atoms with Gasteiger partial charge < -0.3 is 14.5 Å². The fourth-order valence-corrected chi connectivity index (χ4v) is 2.91. The van der Waals surface area contributed by atoms with Crippen LogP contribution in [0.4, 0.5) is 4.79 Å². The molecule has 132 valence electrons. The summed E-state index contributed by atoms with van der Waals surface area (Å²) in [6.45, 7) is 7.93. The topological polar surface area (TPSA) is 85.7 Å². The number of rotatable bonds is 4. The molecule has 0 amide bonds. The molecule has 25 heavy (non-hydrogen) atoms. The van der Waals surface area contributed by atoms with Crippen molar-refractivity contribution in [3.8, 4) is 5.88 Å². The van der Waals surface area contributed by atoms with Crippen molar-refractivity contribution < 1.29 is 14.3 Å². The maximum Gasteiger partial charge on any atom is 0.515 e. The summed E-state index contributed by atoms with van der Waals surface area (Å²) in [5.41, 5.74) is 3.08. The number of carbonyl (C=O) groups excluding carboxylic acids is 1. The summed E-state index contributed by atoms with van der Waals surface area (Å²) in [4.78, 5) is 31.0. The molecule has 0 aliphatic rings. The van der Waals surface area contributed by atoms with Crippen LogP contribution >= 0.6 is 0 Å². The van der Waals surface area contributed by atoms with E-state index in [9.17, 15) is 9.59 Å². The van der Waals surface area contributed by atoms with Gasteiger partial charge in [0.2, 0.25) is 11.5 Å². The van der Waals surface area contributed by atoms with E-state index in [-0.39, 0.29) is 23.7 Å². The van der Waals surface area contributed by atoms with Gasteiger partial charge in [-0.05, 0) is 43.9 Å². The number of aromatic amines is 1. The molecule has 0 saturated carbocycles. The van der Waals surface area contributed by atoms with Gasteiger partial charge in [0, 0.05) is 0 Å². The lowest BCUT2D eigenvalue weighted by molar-refractivity contribution is 0.102. The number of fused-ring (bicyclic) bond motifs is 3. The number of ether oxygens (including phenoxy) is 2. The second kappa shape index (κ2) is 6.58. The highest BCUT2D eigenvalue weighted by molar-refractivity contribution is 5.79. The number of carbonyl (C=O) groups is 1. The minimum atomic E-state index is -0.839. The number of imidazole rings is 1. The molecule has 0 unspecified atom stereocenters. The number of nitrogens with one attached hydrogen (secondary N) is 1. The predicted octanol–water partition coefficient (Wildman–Crippen LogP) is 3.22. The lowest BCUT2D eigenvalue weighted by Crippen LogP contribution is -2.11. The quantitative estimate of drug-likeness (QED) is 0.735. The van der Waals surface area contributed by atoms with Crippen LogP contribution < -0.4 is 10.3 Å². The van der Waals surface area contributed by atoms with Crippen LogP contribution in [-0.4, -0.2) is 27.1 Å². The summed E-state index contributed by atoms with van der Waals surface area (Å²) in [7, 11) is 0. The predicted molar refractivity (Wildman–Crippen MR) is 94.2 cm³/mol. The number of nitrogens with zero attached hydrogens (tertiary/aromatic N) is 2. The maximum atomic E-state index is 12.4. The maximum absolute atomic E-state index is 12.4. The van der Waals surface area contributed by atoms with E-state index in [2.05, 4.69) is 23.8 Å². The van der Waals surface area contributed by atoms with E-state index in [0.717, 1.165) is 23.0 Å². The van der Waals surface area contributed by atoms with Gasteiger partial charge in [0.1, 0.15) is 0 Å². The third-order valence-electron chi connectivity index (χ3n) is 3.90. The molecule has 3 aromatic rings. The molecule has 0 saturated heterocycles. The molecule has 7 heteroatoms. The zero-order chi connectivity index (χ0) is 18.1. The first kappa shape index (κ1) is 17.0. The van der Waals surface area contributed by atoms with Crippen LogP contribution in [0.3, 0.4) is 0 Å². The van der Waals surface area contributed by atoms with E-state index in [1.807, 2.05) is 18.2 Å². The van der Waals surface area contributed by atoms with E-state index in [0.29, 0.717) is 11.6 Å². The van der Waals surface area contributed by atoms with E-state index in [4.69, 9.17) is 9.47 Å². The van der Waals surface area contributed by atoms with Crippen molar-refractivity contribution in [1.82, 2.24) is 14.4 Å². The average Bonchev–Trinajstić information content (AvgIpc) is 2.85. The SMILES string of the molecule is CCOC(=O)Oc1nc2c(=O)[nH]c3cc(CC(C)C)ccc3n2c1C. The number of hydrogen-bond acceptors (Lipinski definition) is 5. The number of aromatic nitrogens is 3. The number of H-pyrrole nitrogens is 1. The minimum absolute atomic E-state index is 0.0720. The van der Waals surface area contributed by atoms with Crippen molar-refractivity contribution in [1.29, 1.82) is 0 Å². The first-order chi connectivity index (χ1) is 11.9. The number of hydrogen-bond donors (Lipinski definition) is 1. The molecule has 0 fully saturated rings. The van der Waals surface area contributed by atoms with Gasteiger partial charge in [-0.3, -0.25) is 9.20 Å². The summed E-state index contributed by atoms with van der Waals surface area (Å²) in [5.74, 6) is 0.593. The Balaban J connectivity index is 2.16. The molecule has 0 radical (unpaired) electrons. The lowest BCUT2D eigenvalue weighted by atomic mass is 10.0. The monoisotopic (exact) mass is 343 g/mol. The summed E-state index contributed by atoms with van der Waals surface area (Å²) in [6, 6.07) is 5.95. The normalized spacial score (nSPS) is 11.4. The fraction of sp³-hybridized carbons (Fsp3) is 0.389. The second-order valence-corrected chi connectivity index (χ2v) is 6.35. The van der Waals surface area contributed by atoms with E-state index in [1.165, 1.54) is 0 Å². The highest BCUT2D eigenvalue weighted by Crippen LogP contribution is 2.23. The van der Waals surface area contributed by atoms with Crippen LogP contribution in [0.1, 0.15) is 32.0 Å². The van der Waals surface area contributed by atoms with Gasteiger partial charge in [0.15, 0.2) is 0 Å². The molecule has 0 atom stereocenters. The Morgan fingerprint density at radius 2 is 2.12 bits per heavy atom. The highest BCUT2D eigenvalue weighted by Gasteiger charge is 2.18. The summed E-state index contributed by atoms with van der Waals surface area (Å²) in [5, 5.41) is 0. The summed E-state index contributed by atoms with van der Waals surface area (Å²) in [6.07, 6.45) is 0.0878. The smallest absolute Gasteiger partial charge is 0.434 e. The van der Waals surface area contributed by atoms with Gasteiger partial charge in [0.05, 0.1) is 23.3 Å². The number of aryl methyl sites for hydroxylation is 1. The van der Waals surface area contributed by atoms with Crippen LogP contribution in [0.5, 0.6) is 5.88 Å². The van der Waals surface area contributed by atoms with Gasteiger partial charge in [-0.1, -0.05) is 19.9 Å². The second-order valence-electron chi connectivity index (χ2n) is 6.35. The molecule has 0 aliphatic heterocycles. The van der Waals surface area contributed by atoms with Crippen molar-refractivity contribution in [3.05, 3.63) is 39.8 Å². The Hall–Kier alpha value is -2.83.